The molecule has 0 spiro atoms. The zero-order chi connectivity index (χ0) is 19.3. The van der Waals surface area contributed by atoms with E-state index in [0.29, 0.717) is 6.54 Å². The molecule has 4 rings (SSSR count). The van der Waals surface area contributed by atoms with Gasteiger partial charge in [0, 0.05) is 50.2 Å². The van der Waals surface area contributed by atoms with Gasteiger partial charge in [-0.25, -0.2) is 9.37 Å². The van der Waals surface area contributed by atoms with Crippen LogP contribution in [0.5, 0.6) is 0 Å². The summed E-state index contributed by atoms with van der Waals surface area (Å²) in [6, 6.07) is 18.9. The Bertz CT molecular complexity index is 906. The number of aryl methyl sites for hydroxylation is 1. The molecule has 5 nitrogen and oxygen atoms in total. The molecule has 0 unspecified atom stereocenters. The van der Waals surface area contributed by atoms with Gasteiger partial charge < -0.3 is 15.1 Å². The van der Waals surface area contributed by atoms with E-state index in [0.717, 1.165) is 49.2 Å². The van der Waals surface area contributed by atoms with Gasteiger partial charge >= 0.3 is 0 Å². The first-order chi connectivity index (χ1) is 13.7. The van der Waals surface area contributed by atoms with Crippen molar-refractivity contribution in [2.45, 2.75) is 13.5 Å². The Balaban J connectivity index is 1.40. The molecule has 1 aromatic heterocycles. The Kier molecular flexibility index (Phi) is 5.37. The lowest BCUT2D eigenvalue weighted by Crippen LogP contribution is -2.47. The monoisotopic (exact) mass is 377 g/mol. The van der Waals surface area contributed by atoms with Crippen LogP contribution in [-0.2, 0) is 6.54 Å². The highest BCUT2D eigenvalue weighted by Crippen LogP contribution is 2.20. The number of nitrogens with zero attached hydrogens (tertiary/aromatic N) is 4. The Hall–Kier alpha value is -3.15. The quantitative estimate of drug-likeness (QED) is 0.731. The van der Waals surface area contributed by atoms with Crippen molar-refractivity contribution in [3.63, 3.8) is 0 Å². The zero-order valence-electron chi connectivity index (χ0n) is 16.0. The molecule has 28 heavy (non-hydrogen) atoms. The molecule has 1 N–H and O–H groups in total. The molecular weight excluding hydrogens is 353 g/mol. The summed E-state index contributed by atoms with van der Waals surface area (Å²) < 4.78 is 13.0. The second-order valence-electron chi connectivity index (χ2n) is 6.98. The molecule has 3 aromatic rings. The predicted molar refractivity (Wildman–Crippen MR) is 111 cm³/mol. The van der Waals surface area contributed by atoms with Gasteiger partial charge in [-0.1, -0.05) is 30.3 Å². The molecule has 1 saturated heterocycles. The van der Waals surface area contributed by atoms with Crippen molar-refractivity contribution in [2.24, 2.45) is 0 Å². The predicted octanol–water partition coefficient (Wildman–Crippen LogP) is 3.86. The molecule has 0 bridgehead atoms. The Morgan fingerprint density at radius 1 is 0.893 bits per heavy atom. The number of piperazine rings is 1. The molecule has 0 amide bonds. The number of benzene rings is 2. The minimum Gasteiger partial charge on any atom is -0.368 e. The van der Waals surface area contributed by atoms with Crippen LogP contribution >= 0.6 is 0 Å². The summed E-state index contributed by atoms with van der Waals surface area (Å²) >= 11 is 0. The van der Waals surface area contributed by atoms with Gasteiger partial charge in [-0.3, -0.25) is 0 Å². The van der Waals surface area contributed by atoms with Crippen LogP contribution in [0, 0.1) is 12.7 Å². The zero-order valence-corrected chi connectivity index (χ0v) is 16.0. The maximum atomic E-state index is 13.0. The van der Waals surface area contributed by atoms with E-state index in [-0.39, 0.29) is 5.82 Å². The SMILES string of the molecule is Cc1cc(NCc2ccc(F)cc2)nc(N2CCN(c3ccccc3)CC2)n1. The van der Waals surface area contributed by atoms with Crippen LogP contribution in [0.1, 0.15) is 11.3 Å². The highest BCUT2D eigenvalue weighted by Gasteiger charge is 2.19. The summed E-state index contributed by atoms with van der Waals surface area (Å²) in [6.07, 6.45) is 0. The molecule has 1 aliphatic rings. The lowest BCUT2D eigenvalue weighted by atomic mass is 10.2. The van der Waals surface area contributed by atoms with E-state index in [1.54, 1.807) is 12.1 Å². The first-order valence-corrected chi connectivity index (χ1v) is 9.56. The number of hydrogen-bond donors (Lipinski definition) is 1. The van der Waals surface area contributed by atoms with Crippen LogP contribution in [-0.4, -0.2) is 36.1 Å². The van der Waals surface area contributed by atoms with Gasteiger partial charge in [0.2, 0.25) is 5.95 Å². The topological polar surface area (TPSA) is 44.3 Å². The van der Waals surface area contributed by atoms with Crippen LogP contribution < -0.4 is 15.1 Å². The smallest absolute Gasteiger partial charge is 0.227 e. The first-order valence-electron chi connectivity index (χ1n) is 9.56. The van der Waals surface area contributed by atoms with Gasteiger partial charge in [0.25, 0.3) is 0 Å². The van der Waals surface area contributed by atoms with E-state index < -0.39 is 0 Å². The minimum atomic E-state index is -0.224. The molecule has 0 aliphatic carbocycles. The van der Waals surface area contributed by atoms with E-state index >= 15 is 0 Å². The fourth-order valence-corrected chi connectivity index (χ4v) is 3.38. The lowest BCUT2D eigenvalue weighted by molar-refractivity contribution is 0.627. The second kappa shape index (κ2) is 8.25. The average Bonchev–Trinajstić information content (AvgIpc) is 2.74. The highest BCUT2D eigenvalue weighted by molar-refractivity contribution is 5.49. The van der Waals surface area contributed by atoms with Crippen LogP contribution in [0.15, 0.2) is 60.7 Å². The maximum Gasteiger partial charge on any atom is 0.227 e. The summed E-state index contributed by atoms with van der Waals surface area (Å²) in [5.74, 6) is 1.32. The fraction of sp³-hybridized carbons (Fsp3) is 0.273. The summed E-state index contributed by atoms with van der Waals surface area (Å²) in [6.45, 7) is 6.23. The molecule has 0 saturated carbocycles. The van der Waals surface area contributed by atoms with Crippen molar-refractivity contribution in [1.29, 1.82) is 0 Å². The molecule has 2 aromatic carbocycles. The maximum absolute atomic E-state index is 13.0. The van der Waals surface area contributed by atoms with E-state index in [4.69, 9.17) is 4.98 Å². The van der Waals surface area contributed by atoms with Crippen molar-refractivity contribution in [3.8, 4) is 0 Å². The second-order valence-corrected chi connectivity index (χ2v) is 6.98. The third-order valence-corrected chi connectivity index (χ3v) is 4.91. The fourth-order valence-electron chi connectivity index (χ4n) is 3.38. The van der Waals surface area contributed by atoms with Gasteiger partial charge in [-0.2, -0.15) is 4.98 Å². The number of para-hydroxylation sites is 1. The third-order valence-electron chi connectivity index (χ3n) is 4.91. The van der Waals surface area contributed by atoms with E-state index in [9.17, 15) is 4.39 Å². The van der Waals surface area contributed by atoms with E-state index in [1.807, 2.05) is 19.1 Å². The average molecular weight is 377 g/mol. The number of anilines is 3. The normalized spacial score (nSPS) is 14.2. The Morgan fingerprint density at radius 2 is 1.57 bits per heavy atom. The summed E-state index contributed by atoms with van der Waals surface area (Å²) in [5, 5.41) is 3.32. The van der Waals surface area contributed by atoms with Crippen LogP contribution in [0.2, 0.25) is 0 Å². The van der Waals surface area contributed by atoms with Crippen molar-refractivity contribution in [2.75, 3.05) is 41.3 Å². The minimum absolute atomic E-state index is 0.224. The number of rotatable bonds is 5. The molecule has 144 valence electrons. The number of aromatic nitrogens is 2. The lowest BCUT2D eigenvalue weighted by Gasteiger charge is -2.36. The van der Waals surface area contributed by atoms with Gasteiger partial charge in [0.1, 0.15) is 11.6 Å². The van der Waals surface area contributed by atoms with Gasteiger partial charge in [0.05, 0.1) is 0 Å². The first kappa shape index (κ1) is 18.2. The highest BCUT2D eigenvalue weighted by atomic mass is 19.1. The van der Waals surface area contributed by atoms with Crippen molar-refractivity contribution < 1.29 is 4.39 Å². The summed E-state index contributed by atoms with van der Waals surface area (Å²) in [4.78, 5) is 13.9. The third kappa shape index (κ3) is 4.39. The van der Waals surface area contributed by atoms with Crippen LogP contribution in [0.4, 0.5) is 21.8 Å². The molecule has 2 heterocycles. The molecular formula is C22H24FN5. The summed E-state index contributed by atoms with van der Waals surface area (Å²) in [5.41, 5.74) is 3.20. The van der Waals surface area contributed by atoms with Crippen LogP contribution in [0.25, 0.3) is 0 Å². The van der Waals surface area contributed by atoms with Crippen molar-refractivity contribution in [3.05, 3.63) is 77.7 Å². The standard InChI is InChI=1S/C22H24FN5/c1-17-15-21(24-16-18-7-9-19(23)10-8-18)26-22(25-17)28-13-11-27(12-14-28)20-5-3-2-4-6-20/h2-10,15H,11-14,16H2,1H3,(H,24,25,26). The van der Waals surface area contributed by atoms with Gasteiger partial charge in [0.15, 0.2) is 0 Å². The largest absolute Gasteiger partial charge is 0.368 e. The molecule has 1 fully saturated rings. The van der Waals surface area contributed by atoms with Crippen LogP contribution in [0.3, 0.4) is 0 Å². The van der Waals surface area contributed by atoms with Crippen molar-refractivity contribution >= 4 is 17.5 Å². The van der Waals surface area contributed by atoms with Gasteiger partial charge in [-0.05, 0) is 36.8 Å². The summed E-state index contributed by atoms with van der Waals surface area (Å²) in [7, 11) is 0. The number of nitrogens with one attached hydrogen (secondary N) is 1. The molecule has 1 aliphatic heterocycles. The Labute approximate surface area is 164 Å². The Morgan fingerprint density at radius 3 is 2.29 bits per heavy atom. The molecule has 0 atom stereocenters. The molecule has 0 radical (unpaired) electrons. The van der Waals surface area contributed by atoms with Crippen molar-refractivity contribution in [1.82, 2.24) is 9.97 Å². The molecule has 6 heteroatoms. The van der Waals surface area contributed by atoms with E-state index in [1.165, 1.54) is 17.8 Å². The number of halogens is 1. The van der Waals surface area contributed by atoms with Gasteiger partial charge in [-0.15, -0.1) is 0 Å². The number of hydrogen-bond acceptors (Lipinski definition) is 5. The van der Waals surface area contributed by atoms with E-state index in [2.05, 4.69) is 44.4 Å².